The average Bonchev–Trinajstić information content (AvgIpc) is 2.77. The number of carbonyl (C=O) groups is 2. The Hall–Kier alpha value is -3.06. The molecule has 0 atom stereocenters. The third-order valence-corrected chi connectivity index (χ3v) is 4.80. The van der Waals surface area contributed by atoms with Crippen molar-refractivity contribution in [1.82, 2.24) is 15.1 Å². The van der Waals surface area contributed by atoms with Gasteiger partial charge in [0.15, 0.2) is 11.5 Å². The number of methoxy groups -OCH3 is 1. The van der Waals surface area contributed by atoms with Crippen molar-refractivity contribution in [3.63, 3.8) is 0 Å². The number of nitrogens with one attached hydrogen (secondary N) is 1. The maximum atomic E-state index is 12.5. The molecule has 0 aromatic heterocycles. The predicted molar refractivity (Wildman–Crippen MR) is 110 cm³/mol. The Labute approximate surface area is 171 Å². The summed E-state index contributed by atoms with van der Waals surface area (Å²) in [6, 6.07) is 16.7. The molecule has 1 heterocycles. The highest BCUT2D eigenvalue weighted by Crippen LogP contribution is 2.25. The van der Waals surface area contributed by atoms with E-state index in [0.29, 0.717) is 62.9 Å². The number of hydrogen-bond donors (Lipinski definition) is 1. The number of para-hydroxylation sites is 2. The molecule has 0 unspecified atom stereocenters. The van der Waals surface area contributed by atoms with Crippen LogP contribution in [0, 0.1) is 0 Å². The van der Waals surface area contributed by atoms with Gasteiger partial charge in [0.25, 0.3) is 5.91 Å². The highest BCUT2D eigenvalue weighted by atomic mass is 16.5. The van der Waals surface area contributed by atoms with Crippen LogP contribution < -0.4 is 14.8 Å². The van der Waals surface area contributed by atoms with Crippen molar-refractivity contribution in [3.05, 3.63) is 60.2 Å². The fraction of sp³-hybridized carbons (Fsp3) is 0.364. The van der Waals surface area contributed by atoms with Crippen molar-refractivity contribution in [2.24, 2.45) is 0 Å². The lowest BCUT2D eigenvalue weighted by molar-refractivity contribution is -0.122. The van der Waals surface area contributed by atoms with Crippen LogP contribution in [0.4, 0.5) is 0 Å². The SMILES string of the molecule is COc1ccccc1OCCNC(=O)CN1CCN(C(=O)c2ccccc2)CC1. The van der Waals surface area contributed by atoms with E-state index in [2.05, 4.69) is 10.2 Å². The lowest BCUT2D eigenvalue weighted by Crippen LogP contribution is -2.51. The van der Waals surface area contributed by atoms with E-state index in [1.807, 2.05) is 59.5 Å². The molecule has 0 saturated carbocycles. The summed E-state index contributed by atoms with van der Waals surface area (Å²) < 4.78 is 10.9. The van der Waals surface area contributed by atoms with Gasteiger partial charge >= 0.3 is 0 Å². The maximum absolute atomic E-state index is 12.5. The zero-order chi connectivity index (χ0) is 20.5. The lowest BCUT2D eigenvalue weighted by atomic mass is 10.2. The summed E-state index contributed by atoms with van der Waals surface area (Å²) in [5, 5.41) is 2.87. The standard InChI is InChI=1S/C22H27N3O4/c1-28-19-9-5-6-10-20(19)29-16-11-23-21(26)17-24-12-14-25(15-13-24)22(27)18-7-3-2-4-8-18/h2-10H,11-17H2,1H3,(H,23,26). The molecule has 7 heteroatoms. The Morgan fingerprint density at radius 3 is 2.28 bits per heavy atom. The van der Waals surface area contributed by atoms with E-state index in [0.717, 1.165) is 0 Å². The molecule has 2 aromatic carbocycles. The number of amides is 2. The molecule has 0 radical (unpaired) electrons. The highest BCUT2D eigenvalue weighted by Gasteiger charge is 2.23. The molecule has 29 heavy (non-hydrogen) atoms. The summed E-state index contributed by atoms with van der Waals surface area (Å²) in [7, 11) is 1.59. The summed E-state index contributed by atoms with van der Waals surface area (Å²) in [6.45, 7) is 3.72. The fourth-order valence-electron chi connectivity index (χ4n) is 3.22. The monoisotopic (exact) mass is 397 g/mol. The number of rotatable bonds is 8. The number of carbonyl (C=O) groups excluding carboxylic acids is 2. The van der Waals surface area contributed by atoms with Crippen LogP contribution in [0.2, 0.25) is 0 Å². The van der Waals surface area contributed by atoms with Crippen molar-refractivity contribution in [3.8, 4) is 11.5 Å². The van der Waals surface area contributed by atoms with Crippen molar-refractivity contribution >= 4 is 11.8 Å². The van der Waals surface area contributed by atoms with Crippen molar-refractivity contribution in [1.29, 1.82) is 0 Å². The molecule has 0 bridgehead atoms. The van der Waals surface area contributed by atoms with Crippen LogP contribution in [0.15, 0.2) is 54.6 Å². The van der Waals surface area contributed by atoms with Gasteiger partial charge in [-0.1, -0.05) is 30.3 Å². The van der Waals surface area contributed by atoms with Crippen molar-refractivity contribution in [2.75, 3.05) is 53.0 Å². The summed E-state index contributed by atoms with van der Waals surface area (Å²) in [5.41, 5.74) is 0.703. The first-order valence-electron chi connectivity index (χ1n) is 9.76. The summed E-state index contributed by atoms with van der Waals surface area (Å²) in [4.78, 5) is 28.5. The molecule has 1 aliphatic rings. The number of piperazine rings is 1. The first kappa shape index (κ1) is 20.7. The molecule has 3 rings (SSSR count). The van der Waals surface area contributed by atoms with E-state index in [4.69, 9.17) is 9.47 Å². The molecule has 1 aliphatic heterocycles. The van der Waals surface area contributed by atoms with E-state index in [9.17, 15) is 9.59 Å². The molecule has 2 amide bonds. The second kappa shape index (κ2) is 10.5. The Bertz CT molecular complexity index is 805. The molecular weight excluding hydrogens is 370 g/mol. The van der Waals surface area contributed by atoms with E-state index >= 15 is 0 Å². The van der Waals surface area contributed by atoms with Gasteiger partial charge in [-0.05, 0) is 24.3 Å². The molecular formula is C22H27N3O4. The Morgan fingerprint density at radius 2 is 1.59 bits per heavy atom. The van der Waals surface area contributed by atoms with Crippen molar-refractivity contribution < 1.29 is 19.1 Å². The van der Waals surface area contributed by atoms with Gasteiger partial charge in [-0.25, -0.2) is 0 Å². The van der Waals surface area contributed by atoms with Crippen LogP contribution in [0.1, 0.15) is 10.4 Å². The Kier molecular flexibility index (Phi) is 7.47. The second-order valence-corrected chi connectivity index (χ2v) is 6.78. The van der Waals surface area contributed by atoms with Gasteiger partial charge in [-0.3, -0.25) is 14.5 Å². The van der Waals surface area contributed by atoms with Gasteiger partial charge in [0.2, 0.25) is 5.91 Å². The third-order valence-electron chi connectivity index (χ3n) is 4.80. The largest absolute Gasteiger partial charge is 0.493 e. The fourth-order valence-corrected chi connectivity index (χ4v) is 3.22. The molecule has 1 fully saturated rings. The van der Waals surface area contributed by atoms with Crippen molar-refractivity contribution in [2.45, 2.75) is 0 Å². The third kappa shape index (κ3) is 5.96. The molecule has 0 aliphatic carbocycles. The lowest BCUT2D eigenvalue weighted by Gasteiger charge is -2.34. The van der Waals surface area contributed by atoms with Gasteiger partial charge in [0.05, 0.1) is 20.2 Å². The summed E-state index contributed by atoms with van der Waals surface area (Å²) >= 11 is 0. The first-order valence-corrected chi connectivity index (χ1v) is 9.76. The predicted octanol–water partition coefficient (Wildman–Crippen LogP) is 1.65. The van der Waals surface area contributed by atoms with Crippen LogP contribution in [-0.4, -0.2) is 74.6 Å². The summed E-state index contributed by atoms with van der Waals surface area (Å²) in [5.74, 6) is 1.32. The molecule has 7 nitrogen and oxygen atoms in total. The number of hydrogen-bond acceptors (Lipinski definition) is 5. The highest BCUT2D eigenvalue weighted by molar-refractivity contribution is 5.94. The number of nitrogens with zero attached hydrogens (tertiary/aromatic N) is 2. The van der Waals surface area contributed by atoms with Crippen LogP contribution >= 0.6 is 0 Å². The molecule has 1 saturated heterocycles. The van der Waals surface area contributed by atoms with Crippen LogP contribution in [0.3, 0.4) is 0 Å². The average molecular weight is 397 g/mol. The number of ether oxygens (including phenoxy) is 2. The zero-order valence-electron chi connectivity index (χ0n) is 16.7. The van der Waals surface area contributed by atoms with E-state index < -0.39 is 0 Å². The van der Waals surface area contributed by atoms with E-state index in [1.54, 1.807) is 7.11 Å². The smallest absolute Gasteiger partial charge is 0.253 e. The van der Waals surface area contributed by atoms with Crippen LogP contribution in [-0.2, 0) is 4.79 Å². The van der Waals surface area contributed by atoms with Gasteiger partial charge in [0, 0.05) is 31.7 Å². The normalized spacial score (nSPS) is 14.3. The molecule has 2 aromatic rings. The van der Waals surface area contributed by atoms with Crippen LogP contribution in [0.5, 0.6) is 11.5 Å². The minimum absolute atomic E-state index is 0.0446. The zero-order valence-corrected chi connectivity index (χ0v) is 16.7. The van der Waals surface area contributed by atoms with E-state index in [1.165, 1.54) is 0 Å². The molecule has 154 valence electrons. The van der Waals surface area contributed by atoms with Gasteiger partial charge in [-0.2, -0.15) is 0 Å². The Balaban J connectivity index is 1.34. The van der Waals surface area contributed by atoms with Gasteiger partial charge < -0.3 is 19.7 Å². The van der Waals surface area contributed by atoms with Crippen LogP contribution in [0.25, 0.3) is 0 Å². The minimum Gasteiger partial charge on any atom is -0.493 e. The van der Waals surface area contributed by atoms with E-state index in [-0.39, 0.29) is 11.8 Å². The Morgan fingerprint density at radius 1 is 0.931 bits per heavy atom. The number of benzene rings is 2. The minimum atomic E-state index is -0.0449. The molecule has 1 N–H and O–H groups in total. The quantitative estimate of drug-likeness (QED) is 0.686. The van der Waals surface area contributed by atoms with Gasteiger partial charge in [-0.15, -0.1) is 0 Å². The topological polar surface area (TPSA) is 71.1 Å². The van der Waals surface area contributed by atoms with Gasteiger partial charge in [0.1, 0.15) is 6.61 Å². The maximum Gasteiger partial charge on any atom is 0.253 e. The molecule has 0 spiro atoms. The second-order valence-electron chi connectivity index (χ2n) is 6.78. The summed E-state index contributed by atoms with van der Waals surface area (Å²) in [6.07, 6.45) is 0. The first-order chi connectivity index (χ1) is 14.2.